The van der Waals surface area contributed by atoms with Crippen molar-refractivity contribution in [3.63, 3.8) is 0 Å². The van der Waals surface area contributed by atoms with E-state index in [0.717, 1.165) is 0 Å². The van der Waals surface area contributed by atoms with Gasteiger partial charge in [0.2, 0.25) is 5.91 Å². The molecule has 0 fully saturated rings. The first-order valence-corrected chi connectivity index (χ1v) is 4.57. The molecule has 15 heavy (non-hydrogen) atoms. The monoisotopic (exact) mass is 204 g/mol. The van der Waals surface area contributed by atoms with E-state index >= 15 is 0 Å². The van der Waals surface area contributed by atoms with Crippen LogP contribution in [0.3, 0.4) is 0 Å². The van der Waals surface area contributed by atoms with Crippen molar-refractivity contribution in [1.29, 1.82) is 5.26 Å². The van der Waals surface area contributed by atoms with E-state index in [9.17, 15) is 4.79 Å². The molecule has 1 aromatic heterocycles. The number of hydrogen-bond donors (Lipinski definition) is 2. The molecule has 0 saturated heterocycles. The Labute approximate surface area is 88.1 Å². The average Bonchev–Trinajstić information content (AvgIpc) is 2.24. The molecule has 0 aromatic carbocycles. The topological polar surface area (TPSA) is 77.8 Å². The van der Waals surface area contributed by atoms with Crippen molar-refractivity contribution in [3.05, 3.63) is 23.9 Å². The summed E-state index contributed by atoms with van der Waals surface area (Å²) in [6.45, 7) is 2.59. The lowest BCUT2D eigenvalue weighted by Gasteiger charge is -2.05. The number of aromatic nitrogens is 1. The summed E-state index contributed by atoms with van der Waals surface area (Å²) >= 11 is 0. The minimum Gasteiger partial charge on any atom is -0.368 e. The van der Waals surface area contributed by atoms with Crippen LogP contribution in [0.1, 0.15) is 12.5 Å². The van der Waals surface area contributed by atoms with Gasteiger partial charge in [-0.25, -0.2) is 4.98 Å². The Balaban J connectivity index is 2.38. The van der Waals surface area contributed by atoms with E-state index in [1.54, 1.807) is 18.3 Å². The fraction of sp³-hybridized carbons (Fsp3) is 0.300. The van der Waals surface area contributed by atoms with Crippen LogP contribution in [0.15, 0.2) is 18.3 Å². The first kappa shape index (κ1) is 11.0. The predicted octanol–water partition coefficient (Wildman–Crippen LogP) is 0.501. The number of carbonyl (C=O) groups excluding carboxylic acids is 1. The molecule has 0 unspecified atom stereocenters. The normalized spacial score (nSPS) is 9.07. The molecular weight excluding hydrogens is 192 g/mol. The van der Waals surface area contributed by atoms with Crippen LogP contribution in [0, 0.1) is 11.3 Å². The molecule has 0 aliphatic heterocycles. The number of rotatable bonds is 4. The Morgan fingerprint density at radius 2 is 2.40 bits per heavy atom. The van der Waals surface area contributed by atoms with Crippen LogP contribution in [0.4, 0.5) is 5.82 Å². The highest BCUT2D eigenvalue weighted by molar-refractivity contribution is 5.72. The molecule has 0 aliphatic carbocycles. The van der Waals surface area contributed by atoms with E-state index in [2.05, 4.69) is 15.6 Å². The van der Waals surface area contributed by atoms with Crippen molar-refractivity contribution in [2.24, 2.45) is 0 Å². The summed E-state index contributed by atoms with van der Waals surface area (Å²) in [6.07, 6.45) is 1.57. The van der Waals surface area contributed by atoms with Crippen LogP contribution in [-0.2, 0) is 4.79 Å². The van der Waals surface area contributed by atoms with E-state index in [4.69, 9.17) is 5.26 Å². The van der Waals surface area contributed by atoms with E-state index in [0.29, 0.717) is 24.5 Å². The van der Waals surface area contributed by atoms with Crippen molar-refractivity contribution < 1.29 is 4.79 Å². The van der Waals surface area contributed by atoms with Gasteiger partial charge < -0.3 is 10.6 Å². The molecule has 1 amide bonds. The number of amides is 1. The minimum atomic E-state index is -0.0597. The smallest absolute Gasteiger partial charge is 0.216 e. The van der Waals surface area contributed by atoms with Crippen molar-refractivity contribution in [3.8, 4) is 6.07 Å². The SMILES string of the molecule is CC(=O)NCCNc1cc(C#N)ccn1. The number of hydrogen-bond acceptors (Lipinski definition) is 4. The van der Waals surface area contributed by atoms with E-state index < -0.39 is 0 Å². The Hall–Kier alpha value is -2.09. The lowest BCUT2D eigenvalue weighted by Crippen LogP contribution is -2.26. The van der Waals surface area contributed by atoms with Gasteiger partial charge >= 0.3 is 0 Å². The Kier molecular flexibility index (Phi) is 4.10. The fourth-order valence-electron chi connectivity index (χ4n) is 1.03. The number of carbonyl (C=O) groups is 1. The summed E-state index contributed by atoms with van der Waals surface area (Å²) in [5, 5.41) is 14.3. The maximum absolute atomic E-state index is 10.6. The zero-order valence-corrected chi connectivity index (χ0v) is 8.45. The first-order chi connectivity index (χ1) is 7.22. The van der Waals surface area contributed by atoms with E-state index in [1.165, 1.54) is 6.92 Å². The van der Waals surface area contributed by atoms with Gasteiger partial charge in [0.25, 0.3) is 0 Å². The second-order valence-electron chi connectivity index (χ2n) is 2.95. The second kappa shape index (κ2) is 5.60. The van der Waals surface area contributed by atoms with Crippen LogP contribution in [0.2, 0.25) is 0 Å². The van der Waals surface area contributed by atoms with Crippen LogP contribution in [0.5, 0.6) is 0 Å². The van der Waals surface area contributed by atoms with Gasteiger partial charge in [-0.1, -0.05) is 0 Å². The summed E-state index contributed by atoms with van der Waals surface area (Å²) in [4.78, 5) is 14.6. The molecule has 78 valence electrons. The van der Waals surface area contributed by atoms with Gasteiger partial charge in [-0.2, -0.15) is 5.26 Å². The predicted molar refractivity (Wildman–Crippen MR) is 56.1 cm³/mol. The number of nitrogens with one attached hydrogen (secondary N) is 2. The van der Waals surface area contributed by atoms with Gasteiger partial charge in [-0.05, 0) is 12.1 Å². The molecule has 0 aliphatic rings. The van der Waals surface area contributed by atoms with E-state index in [-0.39, 0.29) is 5.91 Å². The van der Waals surface area contributed by atoms with Crippen LogP contribution < -0.4 is 10.6 Å². The molecule has 2 N–H and O–H groups in total. The molecule has 0 atom stereocenters. The molecular formula is C10H12N4O. The average molecular weight is 204 g/mol. The summed E-state index contributed by atoms with van der Waals surface area (Å²) in [5.74, 6) is 0.579. The Morgan fingerprint density at radius 1 is 1.60 bits per heavy atom. The van der Waals surface area contributed by atoms with Gasteiger partial charge in [0.15, 0.2) is 0 Å². The van der Waals surface area contributed by atoms with Crippen molar-refractivity contribution in [2.45, 2.75) is 6.92 Å². The van der Waals surface area contributed by atoms with Gasteiger partial charge in [0.05, 0.1) is 11.6 Å². The molecule has 1 aromatic rings. The molecule has 0 saturated carbocycles. The van der Waals surface area contributed by atoms with Gasteiger partial charge in [-0.3, -0.25) is 4.79 Å². The van der Waals surface area contributed by atoms with Crippen LogP contribution in [-0.4, -0.2) is 24.0 Å². The summed E-state index contributed by atoms with van der Waals surface area (Å²) in [5.41, 5.74) is 0.562. The molecule has 0 radical (unpaired) electrons. The molecule has 1 heterocycles. The zero-order chi connectivity index (χ0) is 11.1. The van der Waals surface area contributed by atoms with Crippen molar-refractivity contribution in [2.75, 3.05) is 18.4 Å². The largest absolute Gasteiger partial charge is 0.368 e. The van der Waals surface area contributed by atoms with Gasteiger partial charge in [-0.15, -0.1) is 0 Å². The second-order valence-corrected chi connectivity index (χ2v) is 2.95. The standard InChI is InChI=1S/C10H12N4O/c1-8(15)12-4-5-14-10-6-9(7-11)2-3-13-10/h2-3,6H,4-5H2,1H3,(H,12,15)(H,13,14). The first-order valence-electron chi connectivity index (χ1n) is 4.57. The molecule has 0 bridgehead atoms. The summed E-state index contributed by atoms with van der Waals surface area (Å²) in [6, 6.07) is 5.32. The zero-order valence-electron chi connectivity index (χ0n) is 8.45. The third-order valence-electron chi connectivity index (χ3n) is 1.69. The minimum absolute atomic E-state index is 0.0597. The molecule has 5 nitrogen and oxygen atoms in total. The summed E-state index contributed by atoms with van der Waals surface area (Å²) < 4.78 is 0. The maximum Gasteiger partial charge on any atom is 0.216 e. The fourth-order valence-corrected chi connectivity index (χ4v) is 1.03. The third kappa shape index (κ3) is 4.09. The van der Waals surface area contributed by atoms with Gasteiger partial charge in [0, 0.05) is 26.2 Å². The Bertz CT molecular complexity index is 383. The highest BCUT2D eigenvalue weighted by Crippen LogP contribution is 2.04. The number of anilines is 1. The summed E-state index contributed by atoms with van der Waals surface area (Å²) in [7, 11) is 0. The lowest BCUT2D eigenvalue weighted by molar-refractivity contribution is -0.118. The van der Waals surface area contributed by atoms with Crippen LogP contribution >= 0.6 is 0 Å². The molecule has 1 rings (SSSR count). The van der Waals surface area contributed by atoms with Crippen molar-refractivity contribution >= 4 is 11.7 Å². The maximum atomic E-state index is 10.6. The highest BCUT2D eigenvalue weighted by Gasteiger charge is 1.95. The number of pyridine rings is 1. The number of nitrogens with zero attached hydrogens (tertiary/aromatic N) is 2. The Morgan fingerprint density at radius 3 is 3.07 bits per heavy atom. The highest BCUT2D eigenvalue weighted by atomic mass is 16.1. The van der Waals surface area contributed by atoms with E-state index in [1.807, 2.05) is 6.07 Å². The van der Waals surface area contributed by atoms with Crippen molar-refractivity contribution in [1.82, 2.24) is 10.3 Å². The van der Waals surface area contributed by atoms with Gasteiger partial charge in [0.1, 0.15) is 5.82 Å². The third-order valence-corrected chi connectivity index (χ3v) is 1.69. The quantitative estimate of drug-likeness (QED) is 0.700. The lowest BCUT2D eigenvalue weighted by atomic mass is 10.3. The molecule has 5 heteroatoms. The van der Waals surface area contributed by atoms with Crippen LogP contribution in [0.25, 0.3) is 0 Å². The number of nitriles is 1. The molecule has 0 spiro atoms.